The number of aliphatic hydroxyl groups is 2. The summed E-state index contributed by atoms with van der Waals surface area (Å²) >= 11 is 0. The van der Waals surface area contributed by atoms with Crippen LogP contribution < -0.4 is 0 Å². The summed E-state index contributed by atoms with van der Waals surface area (Å²) in [5, 5.41) is 18.4. The van der Waals surface area contributed by atoms with Crippen molar-refractivity contribution in [3.8, 4) is 0 Å². The van der Waals surface area contributed by atoms with Crippen molar-refractivity contribution in [2.45, 2.75) is 12.2 Å². The highest BCUT2D eigenvalue weighted by molar-refractivity contribution is 5.75. The molecule has 0 aliphatic heterocycles. The Kier molecular flexibility index (Phi) is 4.43. The molecule has 0 spiro atoms. The molecular weight excluding hydrogens is 279 g/mol. The monoisotopic (exact) mass is 286 g/mol. The second-order valence-electron chi connectivity index (χ2n) is 3.40. The number of hydrogen-bond acceptors (Lipinski definition) is 4. The SMILES string of the molecule is COC(=O)C(O)C(O)c1c(F)c(F)c(F)c(F)c1F. The molecule has 0 bridgehead atoms. The van der Waals surface area contributed by atoms with Crippen LogP contribution in [-0.2, 0) is 9.53 Å². The normalized spacial score (nSPS) is 14.1. The Morgan fingerprint density at radius 3 is 1.68 bits per heavy atom. The van der Waals surface area contributed by atoms with E-state index in [0.717, 1.165) is 7.11 Å². The van der Waals surface area contributed by atoms with E-state index in [9.17, 15) is 31.9 Å². The Morgan fingerprint density at radius 1 is 0.947 bits per heavy atom. The van der Waals surface area contributed by atoms with Crippen LogP contribution in [0.15, 0.2) is 0 Å². The van der Waals surface area contributed by atoms with Gasteiger partial charge in [0.2, 0.25) is 5.82 Å². The van der Waals surface area contributed by atoms with Crippen molar-refractivity contribution in [2.75, 3.05) is 7.11 Å². The Hall–Kier alpha value is -1.74. The predicted octanol–water partition coefficient (Wildman–Crippen LogP) is 0.949. The number of carbonyl (C=O) groups excluding carboxylic acids is 1. The molecule has 0 amide bonds. The number of hydrogen-bond donors (Lipinski definition) is 2. The smallest absolute Gasteiger partial charge is 0.337 e. The first kappa shape index (κ1) is 15.3. The van der Waals surface area contributed by atoms with Gasteiger partial charge in [0.25, 0.3) is 0 Å². The molecule has 1 rings (SSSR count). The van der Waals surface area contributed by atoms with E-state index in [1.807, 2.05) is 0 Å². The van der Waals surface area contributed by atoms with Gasteiger partial charge < -0.3 is 14.9 Å². The first-order valence-electron chi connectivity index (χ1n) is 4.69. The first-order chi connectivity index (χ1) is 8.73. The van der Waals surface area contributed by atoms with Crippen LogP contribution in [0.3, 0.4) is 0 Å². The summed E-state index contributed by atoms with van der Waals surface area (Å²) < 4.78 is 68.8. The maximum absolute atomic E-state index is 13.2. The molecular formula is C10H7F5O4. The summed E-state index contributed by atoms with van der Waals surface area (Å²) in [7, 11) is 0.789. The van der Waals surface area contributed by atoms with Gasteiger partial charge in [0.05, 0.1) is 12.7 Å². The summed E-state index contributed by atoms with van der Waals surface area (Å²) in [4.78, 5) is 10.8. The average molecular weight is 286 g/mol. The fourth-order valence-corrected chi connectivity index (χ4v) is 1.29. The average Bonchev–Trinajstić information content (AvgIpc) is 2.41. The van der Waals surface area contributed by atoms with Gasteiger partial charge in [0, 0.05) is 0 Å². The van der Waals surface area contributed by atoms with Gasteiger partial charge in [0.15, 0.2) is 29.4 Å². The highest BCUT2D eigenvalue weighted by atomic mass is 19.2. The number of ether oxygens (including phenoxy) is 1. The molecule has 1 aromatic carbocycles. The molecule has 0 saturated heterocycles. The third-order valence-electron chi connectivity index (χ3n) is 2.28. The Bertz CT molecular complexity index is 490. The van der Waals surface area contributed by atoms with E-state index in [4.69, 9.17) is 5.11 Å². The Labute approximate surface area is 103 Å². The molecule has 9 heteroatoms. The second kappa shape index (κ2) is 5.49. The zero-order valence-corrected chi connectivity index (χ0v) is 9.26. The van der Waals surface area contributed by atoms with Crippen molar-refractivity contribution in [1.29, 1.82) is 0 Å². The zero-order chi connectivity index (χ0) is 14.9. The van der Waals surface area contributed by atoms with Gasteiger partial charge in [-0.2, -0.15) is 0 Å². The van der Waals surface area contributed by atoms with E-state index < -0.39 is 52.8 Å². The molecule has 0 aliphatic carbocycles. The molecule has 1 aromatic rings. The third-order valence-corrected chi connectivity index (χ3v) is 2.28. The van der Waals surface area contributed by atoms with Crippen LogP contribution in [0.2, 0.25) is 0 Å². The minimum absolute atomic E-state index is 0.789. The summed E-state index contributed by atoms with van der Waals surface area (Å²) in [6.45, 7) is 0. The molecule has 0 saturated carbocycles. The quantitative estimate of drug-likeness (QED) is 0.376. The molecule has 2 unspecified atom stereocenters. The lowest BCUT2D eigenvalue weighted by molar-refractivity contribution is -0.157. The molecule has 0 aromatic heterocycles. The lowest BCUT2D eigenvalue weighted by Crippen LogP contribution is -2.31. The molecule has 2 atom stereocenters. The highest BCUT2D eigenvalue weighted by Gasteiger charge is 2.35. The fraction of sp³-hybridized carbons (Fsp3) is 0.300. The van der Waals surface area contributed by atoms with Crippen molar-refractivity contribution in [1.82, 2.24) is 0 Å². The van der Waals surface area contributed by atoms with Gasteiger partial charge in [-0.15, -0.1) is 0 Å². The molecule has 0 radical (unpaired) electrons. The molecule has 0 fully saturated rings. The largest absolute Gasteiger partial charge is 0.467 e. The fourth-order valence-electron chi connectivity index (χ4n) is 1.29. The van der Waals surface area contributed by atoms with Crippen molar-refractivity contribution in [3.05, 3.63) is 34.6 Å². The van der Waals surface area contributed by atoms with Gasteiger partial charge in [-0.3, -0.25) is 0 Å². The van der Waals surface area contributed by atoms with Crippen LogP contribution in [-0.4, -0.2) is 29.4 Å². The number of aliphatic hydroxyl groups excluding tert-OH is 2. The van der Waals surface area contributed by atoms with Crippen molar-refractivity contribution < 1.29 is 41.7 Å². The van der Waals surface area contributed by atoms with E-state index >= 15 is 0 Å². The van der Waals surface area contributed by atoms with Crippen molar-refractivity contribution in [2.24, 2.45) is 0 Å². The van der Waals surface area contributed by atoms with Gasteiger partial charge >= 0.3 is 5.97 Å². The van der Waals surface area contributed by atoms with E-state index in [1.165, 1.54) is 0 Å². The summed E-state index contributed by atoms with van der Waals surface area (Å²) in [6.07, 6.45) is -5.17. The molecule has 0 aliphatic rings. The number of rotatable bonds is 3. The zero-order valence-electron chi connectivity index (χ0n) is 9.26. The molecule has 0 heterocycles. The summed E-state index contributed by atoms with van der Waals surface area (Å²) in [6, 6.07) is 0. The highest BCUT2D eigenvalue weighted by Crippen LogP contribution is 2.29. The van der Waals surface area contributed by atoms with Crippen LogP contribution in [0.4, 0.5) is 22.0 Å². The number of halogens is 5. The van der Waals surface area contributed by atoms with E-state index in [2.05, 4.69) is 4.74 Å². The maximum Gasteiger partial charge on any atom is 0.337 e. The third kappa shape index (κ3) is 2.51. The number of esters is 1. The van der Waals surface area contributed by atoms with Gasteiger partial charge in [-0.25, -0.2) is 26.7 Å². The van der Waals surface area contributed by atoms with Crippen LogP contribution in [0.1, 0.15) is 11.7 Å². The standard InChI is InChI=1S/C10H7F5O4/c1-19-10(18)9(17)8(16)2-3(11)5(13)7(15)6(14)4(2)12/h8-9,16-17H,1H3. The summed E-state index contributed by atoms with van der Waals surface area (Å²) in [5.74, 6) is -13.2. The van der Waals surface area contributed by atoms with Crippen molar-refractivity contribution in [3.63, 3.8) is 0 Å². The lowest BCUT2D eigenvalue weighted by atomic mass is 10.0. The first-order valence-corrected chi connectivity index (χ1v) is 4.69. The number of benzene rings is 1. The van der Waals surface area contributed by atoms with E-state index in [1.54, 1.807) is 0 Å². The van der Waals surface area contributed by atoms with Crippen LogP contribution >= 0.6 is 0 Å². The summed E-state index contributed by atoms with van der Waals surface area (Å²) in [5.41, 5.74) is -1.71. The lowest BCUT2D eigenvalue weighted by Gasteiger charge is -2.17. The van der Waals surface area contributed by atoms with Crippen molar-refractivity contribution >= 4 is 5.97 Å². The maximum atomic E-state index is 13.2. The van der Waals surface area contributed by atoms with Gasteiger partial charge in [-0.1, -0.05) is 0 Å². The number of methoxy groups -OCH3 is 1. The van der Waals surface area contributed by atoms with E-state index in [0.29, 0.717) is 0 Å². The molecule has 4 nitrogen and oxygen atoms in total. The second-order valence-corrected chi connectivity index (χ2v) is 3.40. The van der Waals surface area contributed by atoms with Gasteiger partial charge in [-0.05, 0) is 0 Å². The topological polar surface area (TPSA) is 66.8 Å². The molecule has 19 heavy (non-hydrogen) atoms. The van der Waals surface area contributed by atoms with Crippen LogP contribution in [0.5, 0.6) is 0 Å². The Balaban J connectivity index is 3.39. The predicted molar refractivity (Wildman–Crippen MR) is 49.2 cm³/mol. The Morgan fingerprint density at radius 2 is 1.32 bits per heavy atom. The number of carbonyl (C=O) groups is 1. The minimum Gasteiger partial charge on any atom is -0.467 e. The van der Waals surface area contributed by atoms with Crippen LogP contribution in [0, 0.1) is 29.1 Å². The van der Waals surface area contributed by atoms with Crippen LogP contribution in [0.25, 0.3) is 0 Å². The van der Waals surface area contributed by atoms with E-state index in [-0.39, 0.29) is 0 Å². The minimum atomic E-state index is -2.67. The molecule has 106 valence electrons. The molecule has 2 N–H and O–H groups in total. The van der Waals surface area contributed by atoms with Gasteiger partial charge in [0.1, 0.15) is 6.10 Å².